The zero-order chi connectivity index (χ0) is 16.9. The van der Waals surface area contributed by atoms with Gasteiger partial charge in [-0.1, -0.05) is 23.9 Å². The average molecular weight is 455 g/mol. The second-order valence-corrected chi connectivity index (χ2v) is 6.87. The van der Waals surface area contributed by atoms with Gasteiger partial charge in [-0.3, -0.25) is 4.79 Å². The summed E-state index contributed by atoms with van der Waals surface area (Å²) in [4.78, 5) is 11.9. The first-order valence-corrected chi connectivity index (χ1v) is 8.95. The van der Waals surface area contributed by atoms with E-state index >= 15 is 0 Å². The molecule has 0 radical (unpaired) electrons. The molecule has 0 atom stereocenters. The Bertz CT molecular complexity index is 855. The molecule has 3 aromatic rings. The molecule has 1 amide bonds. The third kappa shape index (κ3) is 4.32. The van der Waals surface area contributed by atoms with Gasteiger partial charge in [0, 0.05) is 9.26 Å². The number of anilines is 1. The first-order valence-electron chi connectivity index (χ1n) is 6.88. The summed E-state index contributed by atoms with van der Waals surface area (Å²) in [6.07, 6.45) is 0. The van der Waals surface area contributed by atoms with Crippen LogP contribution in [-0.2, 0) is 4.79 Å². The van der Waals surface area contributed by atoms with Crippen molar-refractivity contribution in [3.8, 4) is 11.5 Å². The fourth-order valence-electron chi connectivity index (χ4n) is 1.87. The van der Waals surface area contributed by atoms with Gasteiger partial charge >= 0.3 is 0 Å². The van der Waals surface area contributed by atoms with E-state index in [2.05, 4.69) is 38.1 Å². The van der Waals surface area contributed by atoms with E-state index in [1.54, 1.807) is 18.2 Å². The number of thioether (sulfide) groups is 1. The van der Waals surface area contributed by atoms with Gasteiger partial charge in [0.15, 0.2) is 0 Å². The molecule has 0 fully saturated rings. The highest BCUT2D eigenvalue weighted by Crippen LogP contribution is 2.25. The predicted octanol–water partition coefficient (Wildman–Crippen LogP) is 4.21. The Hall–Kier alpha value is -1.94. The van der Waals surface area contributed by atoms with E-state index in [4.69, 9.17) is 4.42 Å². The minimum Gasteiger partial charge on any atom is -0.411 e. The molecule has 1 heterocycles. The van der Waals surface area contributed by atoms with E-state index in [0.29, 0.717) is 0 Å². The number of halogens is 2. The Morgan fingerprint density at radius 1 is 1.17 bits per heavy atom. The maximum atomic E-state index is 13.7. The molecular weight excluding hydrogens is 444 g/mol. The zero-order valence-corrected chi connectivity index (χ0v) is 15.2. The first kappa shape index (κ1) is 16.9. The van der Waals surface area contributed by atoms with E-state index in [9.17, 15) is 9.18 Å². The molecule has 1 aromatic heterocycles. The van der Waals surface area contributed by atoms with E-state index in [1.807, 2.05) is 24.3 Å². The smallest absolute Gasteiger partial charge is 0.277 e. The standard InChI is InChI=1S/C16H11FIN3O2S/c17-13-4-2-1-3-12(13)15-20-21-16(23-15)24-9-14(22)19-11-7-5-10(18)6-8-11/h1-8H,9H2,(H,19,22). The zero-order valence-electron chi connectivity index (χ0n) is 12.2. The minimum absolute atomic E-state index is 0.0913. The number of aromatic nitrogens is 2. The molecule has 1 N–H and O–H groups in total. The van der Waals surface area contributed by atoms with Crippen LogP contribution in [0.25, 0.3) is 11.5 Å². The van der Waals surface area contributed by atoms with Crippen molar-refractivity contribution in [3.63, 3.8) is 0 Å². The van der Waals surface area contributed by atoms with Gasteiger partial charge < -0.3 is 9.73 Å². The first-order chi connectivity index (χ1) is 11.6. The fourth-order valence-corrected chi connectivity index (χ4v) is 2.79. The molecule has 0 saturated carbocycles. The topological polar surface area (TPSA) is 68.0 Å². The molecule has 2 aromatic carbocycles. The Kier molecular flexibility index (Phi) is 5.46. The minimum atomic E-state index is -0.436. The van der Waals surface area contributed by atoms with Crippen LogP contribution in [0.4, 0.5) is 10.1 Å². The Morgan fingerprint density at radius 3 is 2.67 bits per heavy atom. The van der Waals surface area contributed by atoms with Crippen molar-refractivity contribution in [2.75, 3.05) is 11.1 Å². The Balaban J connectivity index is 1.58. The molecule has 24 heavy (non-hydrogen) atoms. The van der Waals surface area contributed by atoms with Crippen LogP contribution in [0, 0.1) is 9.39 Å². The second-order valence-electron chi connectivity index (χ2n) is 4.70. The number of benzene rings is 2. The Labute approximate surface area is 155 Å². The average Bonchev–Trinajstić information content (AvgIpc) is 3.04. The lowest BCUT2D eigenvalue weighted by Crippen LogP contribution is -2.13. The van der Waals surface area contributed by atoms with Crippen molar-refractivity contribution in [1.29, 1.82) is 0 Å². The molecule has 0 aliphatic carbocycles. The summed E-state index contributed by atoms with van der Waals surface area (Å²) in [6.45, 7) is 0. The largest absolute Gasteiger partial charge is 0.411 e. The summed E-state index contributed by atoms with van der Waals surface area (Å²) in [7, 11) is 0. The van der Waals surface area contributed by atoms with Crippen molar-refractivity contribution >= 4 is 45.9 Å². The van der Waals surface area contributed by atoms with Gasteiger partial charge in [0.05, 0.1) is 11.3 Å². The number of amides is 1. The van der Waals surface area contributed by atoms with Crippen LogP contribution in [0.1, 0.15) is 0 Å². The number of nitrogens with one attached hydrogen (secondary N) is 1. The SMILES string of the molecule is O=C(CSc1nnc(-c2ccccc2F)o1)Nc1ccc(I)cc1. The highest BCUT2D eigenvalue weighted by Gasteiger charge is 2.14. The highest BCUT2D eigenvalue weighted by molar-refractivity contribution is 14.1. The summed E-state index contributed by atoms with van der Waals surface area (Å²) in [5.41, 5.74) is 0.957. The molecule has 122 valence electrons. The van der Waals surface area contributed by atoms with Crippen LogP contribution in [0.5, 0.6) is 0 Å². The fraction of sp³-hybridized carbons (Fsp3) is 0.0625. The van der Waals surface area contributed by atoms with Gasteiger partial charge in [-0.25, -0.2) is 4.39 Å². The summed E-state index contributed by atoms with van der Waals surface area (Å²) < 4.78 is 20.1. The Morgan fingerprint density at radius 2 is 1.92 bits per heavy atom. The van der Waals surface area contributed by atoms with Gasteiger partial charge in [-0.05, 0) is 59.0 Å². The van der Waals surface area contributed by atoms with Gasteiger partial charge in [0.25, 0.3) is 11.1 Å². The van der Waals surface area contributed by atoms with Crippen molar-refractivity contribution in [2.24, 2.45) is 0 Å². The molecular formula is C16H11FIN3O2S. The number of carbonyl (C=O) groups excluding carboxylic acids is 1. The maximum absolute atomic E-state index is 13.7. The molecule has 0 unspecified atom stereocenters. The van der Waals surface area contributed by atoms with Crippen LogP contribution in [0.3, 0.4) is 0 Å². The number of hydrogen-bond acceptors (Lipinski definition) is 5. The number of rotatable bonds is 5. The number of carbonyl (C=O) groups is 1. The summed E-state index contributed by atoms with van der Waals surface area (Å²) in [5, 5.41) is 10.6. The maximum Gasteiger partial charge on any atom is 0.277 e. The lowest BCUT2D eigenvalue weighted by molar-refractivity contribution is -0.113. The molecule has 0 aliphatic heterocycles. The van der Waals surface area contributed by atoms with E-state index in [0.717, 1.165) is 21.0 Å². The summed E-state index contributed by atoms with van der Waals surface area (Å²) >= 11 is 3.29. The van der Waals surface area contributed by atoms with Crippen molar-refractivity contribution < 1.29 is 13.6 Å². The quantitative estimate of drug-likeness (QED) is 0.461. The molecule has 0 bridgehead atoms. The monoisotopic (exact) mass is 455 g/mol. The normalized spacial score (nSPS) is 10.6. The molecule has 5 nitrogen and oxygen atoms in total. The van der Waals surface area contributed by atoms with Crippen LogP contribution < -0.4 is 5.32 Å². The van der Waals surface area contributed by atoms with Crippen LogP contribution in [0.2, 0.25) is 0 Å². The van der Waals surface area contributed by atoms with Gasteiger partial charge in [-0.2, -0.15) is 0 Å². The van der Waals surface area contributed by atoms with E-state index in [1.165, 1.54) is 6.07 Å². The van der Waals surface area contributed by atoms with Crippen LogP contribution >= 0.6 is 34.4 Å². The molecule has 0 saturated heterocycles. The van der Waals surface area contributed by atoms with Crippen molar-refractivity contribution in [1.82, 2.24) is 10.2 Å². The second kappa shape index (κ2) is 7.75. The molecule has 3 rings (SSSR count). The molecule has 0 aliphatic rings. The molecule has 8 heteroatoms. The third-order valence-electron chi connectivity index (χ3n) is 2.97. The van der Waals surface area contributed by atoms with E-state index < -0.39 is 5.82 Å². The summed E-state index contributed by atoms with van der Waals surface area (Å²) in [6, 6.07) is 13.6. The van der Waals surface area contributed by atoms with Gasteiger partial charge in [0.1, 0.15) is 5.82 Å². The lowest BCUT2D eigenvalue weighted by atomic mass is 10.2. The van der Waals surface area contributed by atoms with E-state index in [-0.39, 0.29) is 28.3 Å². The molecule has 0 spiro atoms. The van der Waals surface area contributed by atoms with Crippen LogP contribution in [0.15, 0.2) is 58.2 Å². The number of hydrogen-bond donors (Lipinski definition) is 1. The van der Waals surface area contributed by atoms with Gasteiger partial charge in [0.2, 0.25) is 5.91 Å². The van der Waals surface area contributed by atoms with Crippen LogP contribution in [-0.4, -0.2) is 21.9 Å². The lowest BCUT2D eigenvalue weighted by Gasteiger charge is -2.03. The summed E-state index contributed by atoms with van der Waals surface area (Å²) in [5.74, 6) is -0.417. The number of nitrogens with zero attached hydrogens (tertiary/aromatic N) is 2. The van der Waals surface area contributed by atoms with Crippen molar-refractivity contribution in [2.45, 2.75) is 5.22 Å². The predicted molar refractivity (Wildman–Crippen MR) is 98.2 cm³/mol. The van der Waals surface area contributed by atoms with Crippen molar-refractivity contribution in [3.05, 3.63) is 57.9 Å². The van der Waals surface area contributed by atoms with Gasteiger partial charge in [-0.15, -0.1) is 10.2 Å². The third-order valence-corrected chi connectivity index (χ3v) is 4.50. The highest BCUT2D eigenvalue weighted by atomic mass is 127.